The molecule has 34 heavy (non-hydrogen) atoms. The van der Waals surface area contributed by atoms with Crippen molar-refractivity contribution in [2.75, 3.05) is 12.3 Å². The Kier molecular flexibility index (Phi) is 7.40. The van der Waals surface area contributed by atoms with Gasteiger partial charge in [-0.1, -0.05) is 23.2 Å². The third-order valence-corrected chi connectivity index (χ3v) is 6.76. The first-order valence-electron chi connectivity index (χ1n) is 11.7. The molecule has 1 aliphatic heterocycles. The molecule has 5 N–H and O–H groups in total. The maximum atomic E-state index is 12.8. The molecule has 184 valence electrons. The summed E-state index contributed by atoms with van der Waals surface area (Å²) in [6, 6.07) is 3.54. The number of benzene rings is 1. The van der Waals surface area contributed by atoms with Crippen LogP contribution in [0, 0.1) is 0 Å². The summed E-state index contributed by atoms with van der Waals surface area (Å²) in [6.45, 7) is 5.24. The molecule has 0 bridgehead atoms. The number of aromatic nitrogens is 2. The summed E-state index contributed by atoms with van der Waals surface area (Å²) in [7, 11) is 0. The predicted octanol–water partition coefficient (Wildman–Crippen LogP) is 4.90. The molecule has 2 aromatic rings. The van der Waals surface area contributed by atoms with Gasteiger partial charge in [-0.2, -0.15) is 0 Å². The number of hydrogen-bond donors (Lipinski definition) is 3. The molecule has 0 atom stereocenters. The Balaban J connectivity index is 1.57. The van der Waals surface area contributed by atoms with Gasteiger partial charge in [0.25, 0.3) is 0 Å². The molecule has 1 fully saturated rings. The Bertz CT molecular complexity index is 1070. The van der Waals surface area contributed by atoms with Gasteiger partial charge >= 0.3 is 6.03 Å². The Hall–Kier alpha value is -2.29. The zero-order valence-corrected chi connectivity index (χ0v) is 21.2. The van der Waals surface area contributed by atoms with Crippen molar-refractivity contribution in [3.8, 4) is 17.0 Å². The SMILES string of the molecule is CC(C)(N)CCCCOc1cc(Cl)cc(Cl)c1-c1nc(N)nc2c1CN(C(=O)NC1CCC1)C2. The molecule has 8 nitrogen and oxygen atoms in total. The van der Waals surface area contributed by atoms with Gasteiger partial charge in [0.1, 0.15) is 5.75 Å². The minimum absolute atomic E-state index is 0.103. The molecule has 0 unspecified atom stereocenters. The van der Waals surface area contributed by atoms with Crippen molar-refractivity contribution >= 4 is 35.2 Å². The van der Waals surface area contributed by atoms with E-state index in [9.17, 15) is 4.79 Å². The summed E-state index contributed by atoms with van der Waals surface area (Å²) >= 11 is 12.9. The Morgan fingerprint density at radius 1 is 1.24 bits per heavy atom. The molecule has 0 spiro atoms. The number of hydrogen-bond acceptors (Lipinski definition) is 6. The van der Waals surface area contributed by atoms with Crippen molar-refractivity contribution in [3.05, 3.63) is 33.4 Å². The number of rotatable bonds is 8. The Morgan fingerprint density at radius 3 is 2.68 bits per heavy atom. The summed E-state index contributed by atoms with van der Waals surface area (Å²) in [5.74, 6) is 0.652. The second-order valence-corrected chi connectivity index (χ2v) is 10.7. The molecule has 10 heteroatoms. The van der Waals surface area contributed by atoms with Gasteiger partial charge in [-0.3, -0.25) is 0 Å². The van der Waals surface area contributed by atoms with Gasteiger partial charge in [0.15, 0.2) is 0 Å². The third-order valence-electron chi connectivity index (χ3n) is 6.25. The van der Waals surface area contributed by atoms with E-state index in [1.165, 1.54) is 0 Å². The van der Waals surface area contributed by atoms with Crippen LogP contribution in [0.5, 0.6) is 5.75 Å². The summed E-state index contributed by atoms with van der Waals surface area (Å²) in [6.07, 6.45) is 5.87. The lowest BCUT2D eigenvalue weighted by Gasteiger charge is -2.28. The van der Waals surface area contributed by atoms with Crippen molar-refractivity contribution in [2.45, 2.75) is 77.0 Å². The number of fused-ring (bicyclic) bond motifs is 1. The van der Waals surface area contributed by atoms with Crippen LogP contribution < -0.4 is 21.5 Å². The molecule has 2 heterocycles. The second-order valence-electron chi connectivity index (χ2n) is 9.84. The minimum atomic E-state index is -0.208. The van der Waals surface area contributed by atoms with Crippen LogP contribution in [0.4, 0.5) is 10.7 Å². The first-order chi connectivity index (χ1) is 16.1. The molecule has 4 rings (SSSR count). The number of anilines is 1. The number of halogens is 2. The van der Waals surface area contributed by atoms with Crippen molar-refractivity contribution in [3.63, 3.8) is 0 Å². The lowest BCUT2D eigenvalue weighted by Crippen LogP contribution is -2.45. The highest BCUT2D eigenvalue weighted by Gasteiger charge is 2.32. The maximum absolute atomic E-state index is 12.8. The fraction of sp³-hybridized carbons (Fsp3) is 0.542. The Labute approximate surface area is 210 Å². The standard InChI is InChI=1S/C24H32Cl2N6O2/c1-24(2,28)8-3-4-9-34-19-11-14(25)10-17(26)20(19)21-16-12-32(13-18(16)30-22(27)31-21)23(33)29-15-6-5-7-15/h10-11,15H,3-9,12-13,28H2,1-2H3,(H,29,33)(H2,27,30,31). The molecular weight excluding hydrogens is 475 g/mol. The van der Waals surface area contributed by atoms with Crippen molar-refractivity contribution in [2.24, 2.45) is 5.73 Å². The average molecular weight is 507 g/mol. The number of nitrogens with two attached hydrogens (primary N) is 2. The molecular formula is C24H32Cl2N6O2. The van der Waals surface area contributed by atoms with Gasteiger partial charge in [0.2, 0.25) is 5.95 Å². The van der Waals surface area contributed by atoms with E-state index in [-0.39, 0.29) is 23.6 Å². The van der Waals surface area contributed by atoms with E-state index in [1.54, 1.807) is 17.0 Å². The highest BCUT2D eigenvalue weighted by Crippen LogP contribution is 2.42. The predicted molar refractivity (Wildman–Crippen MR) is 135 cm³/mol. The quantitative estimate of drug-likeness (QED) is 0.438. The van der Waals surface area contributed by atoms with E-state index in [2.05, 4.69) is 15.3 Å². The highest BCUT2D eigenvalue weighted by atomic mass is 35.5. The van der Waals surface area contributed by atoms with Gasteiger partial charge in [-0.25, -0.2) is 14.8 Å². The van der Waals surface area contributed by atoms with Gasteiger partial charge in [0.05, 0.1) is 41.7 Å². The monoisotopic (exact) mass is 506 g/mol. The summed E-state index contributed by atoms with van der Waals surface area (Å²) in [5, 5.41) is 3.95. The lowest BCUT2D eigenvalue weighted by atomic mass is 9.93. The zero-order chi connectivity index (χ0) is 24.5. The molecule has 1 aliphatic carbocycles. The number of unbranched alkanes of at least 4 members (excludes halogenated alkanes) is 1. The van der Waals surface area contributed by atoms with Crippen molar-refractivity contribution < 1.29 is 9.53 Å². The van der Waals surface area contributed by atoms with Crippen LogP contribution in [0.2, 0.25) is 10.0 Å². The van der Waals surface area contributed by atoms with Gasteiger partial charge < -0.3 is 26.4 Å². The van der Waals surface area contributed by atoms with Crippen molar-refractivity contribution in [1.29, 1.82) is 0 Å². The molecule has 1 aromatic carbocycles. The summed E-state index contributed by atoms with van der Waals surface area (Å²) < 4.78 is 6.11. The number of carbonyl (C=O) groups excluding carboxylic acids is 1. The van der Waals surface area contributed by atoms with E-state index in [1.807, 2.05) is 13.8 Å². The van der Waals surface area contributed by atoms with Crippen LogP contribution in [-0.2, 0) is 13.1 Å². The molecule has 1 saturated carbocycles. The van der Waals surface area contributed by atoms with Crippen molar-refractivity contribution in [1.82, 2.24) is 20.2 Å². The van der Waals surface area contributed by atoms with E-state index >= 15 is 0 Å². The lowest BCUT2D eigenvalue weighted by molar-refractivity contribution is 0.186. The molecule has 2 aliphatic rings. The van der Waals surface area contributed by atoms with Crippen LogP contribution in [0.3, 0.4) is 0 Å². The molecule has 1 aromatic heterocycles. The zero-order valence-electron chi connectivity index (χ0n) is 19.7. The minimum Gasteiger partial charge on any atom is -0.493 e. The van der Waals surface area contributed by atoms with Gasteiger partial charge in [-0.15, -0.1) is 0 Å². The fourth-order valence-electron chi connectivity index (χ4n) is 4.20. The Morgan fingerprint density at radius 2 is 2.00 bits per heavy atom. The number of carbonyl (C=O) groups is 1. The summed E-state index contributed by atoms with van der Waals surface area (Å²) in [4.78, 5) is 23.4. The molecule has 0 saturated heterocycles. The first kappa shape index (κ1) is 24.8. The van der Waals surface area contributed by atoms with Crippen LogP contribution in [0.15, 0.2) is 12.1 Å². The number of nitrogens with one attached hydrogen (secondary N) is 1. The molecule has 2 amide bonds. The third kappa shape index (κ3) is 5.85. The number of urea groups is 1. The summed E-state index contributed by atoms with van der Waals surface area (Å²) in [5.41, 5.74) is 14.6. The number of nitrogen functional groups attached to an aromatic ring is 1. The van der Waals surface area contributed by atoms with Gasteiger partial charge in [0, 0.05) is 22.2 Å². The first-order valence-corrected chi connectivity index (χ1v) is 12.5. The van der Waals surface area contributed by atoms with E-state index < -0.39 is 0 Å². The number of amides is 2. The number of ether oxygens (including phenoxy) is 1. The van der Waals surface area contributed by atoms with E-state index in [4.69, 9.17) is 39.4 Å². The average Bonchev–Trinajstić information content (AvgIpc) is 3.13. The fourth-order valence-corrected chi connectivity index (χ4v) is 4.77. The normalized spacial score (nSPS) is 15.7. The number of nitrogens with zero attached hydrogens (tertiary/aromatic N) is 3. The topological polar surface area (TPSA) is 119 Å². The highest BCUT2D eigenvalue weighted by molar-refractivity contribution is 6.37. The van der Waals surface area contributed by atoms with Crippen LogP contribution in [0.1, 0.15) is 63.6 Å². The maximum Gasteiger partial charge on any atom is 0.318 e. The van der Waals surface area contributed by atoms with Crippen LogP contribution >= 0.6 is 23.2 Å². The van der Waals surface area contributed by atoms with Crippen LogP contribution in [-0.4, -0.2) is 39.1 Å². The molecule has 0 radical (unpaired) electrons. The van der Waals surface area contributed by atoms with E-state index in [0.29, 0.717) is 52.4 Å². The smallest absolute Gasteiger partial charge is 0.318 e. The largest absolute Gasteiger partial charge is 0.493 e. The van der Waals surface area contributed by atoms with E-state index in [0.717, 1.165) is 44.1 Å². The van der Waals surface area contributed by atoms with Crippen LogP contribution in [0.25, 0.3) is 11.3 Å². The second kappa shape index (κ2) is 10.1. The van der Waals surface area contributed by atoms with Gasteiger partial charge in [-0.05, 0) is 64.5 Å².